The zero-order valence-electron chi connectivity index (χ0n) is 10.6. The summed E-state index contributed by atoms with van der Waals surface area (Å²) < 4.78 is 1.29. The van der Waals surface area contributed by atoms with Crippen LogP contribution in [0.3, 0.4) is 0 Å². The molecule has 0 fully saturated rings. The average Bonchev–Trinajstić information content (AvgIpc) is 2.30. The maximum Gasteiger partial charge on any atom is 0.332 e. The van der Waals surface area contributed by atoms with Gasteiger partial charge in [0.15, 0.2) is 6.04 Å². The fraction of sp³-hybridized carbons (Fsp3) is 0.417. The molecular formula is C12H14Br2N2O3. The minimum absolute atomic E-state index is 0.286. The molecule has 0 saturated carbocycles. The Balaban J connectivity index is 3.26. The first kappa shape index (κ1) is 16.1. The van der Waals surface area contributed by atoms with Gasteiger partial charge in [0.1, 0.15) is 0 Å². The first-order valence-electron chi connectivity index (χ1n) is 5.69. The lowest BCUT2D eigenvalue weighted by molar-refractivity contribution is -0.150. The summed E-state index contributed by atoms with van der Waals surface area (Å²) in [6.07, 6.45) is 2.19. The molecule has 0 aliphatic rings. The van der Waals surface area contributed by atoms with E-state index in [9.17, 15) is 14.7 Å². The lowest BCUT2D eigenvalue weighted by atomic mass is 10.1. The molecule has 5 nitrogen and oxygen atoms in total. The Bertz CT molecular complexity index is 494. The summed E-state index contributed by atoms with van der Waals surface area (Å²) in [4.78, 5) is 28.6. The number of carbonyl (C=O) groups is 2. The first-order chi connectivity index (χ1) is 8.88. The van der Waals surface area contributed by atoms with Crippen molar-refractivity contribution >= 4 is 43.7 Å². The largest absolute Gasteiger partial charge is 0.479 e. The average molecular weight is 394 g/mol. The topological polar surface area (TPSA) is 70.5 Å². The van der Waals surface area contributed by atoms with Gasteiger partial charge in [-0.1, -0.05) is 6.92 Å². The number of nitrogens with zero attached hydrogens (tertiary/aromatic N) is 2. The molecule has 1 N–H and O–H groups in total. The van der Waals surface area contributed by atoms with Crippen molar-refractivity contribution in [3.05, 3.63) is 26.9 Å². The van der Waals surface area contributed by atoms with Gasteiger partial charge in [0.25, 0.3) is 0 Å². The van der Waals surface area contributed by atoms with E-state index >= 15 is 0 Å². The molecule has 0 radical (unpaired) electrons. The highest BCUT2D eigenvalue weighted by Crippen LogP contribution is 2.28. The number of rotatable bonds is 5. The molecule has 1 unspecified atom stereocenters. The lowest BCUT2D eigenvalue weighted by Crippen LogP contribution is -2.38. The fourth-order valence-electron chi connectivity index (χ4n) is 1.73. The summed E-state index contributed by atoms with van der Waals surface area (Å²) in [5.74, 6) is -1.38. The third kappa shape index (κ3) is 4.01. The van der Waals surface area contributed by atoms with Crippen LogP contribution in [0.1, 0.15) is 32.0 Å². The second-order valence-corrected chi connectivity index (χ2v) is 5.74. The van der Waals surface area contributed by atoms with Gasteiger partial charge >= 0.3 is 5.97 Å². The highest BCUT2D eigenvalue weighted by Gasteiger charge is 2.31. The first-order valence-corrected chi connectivity index (χ1v) is 7.28. The van der Waals surface area contributed by atoms with Gasteiger partial charge in [0, 0.05) is 28.6 Å². The highest BCUT2D eigenvalue weighted by atomic mass is 79.9. The van der Waals surface area contributed by atoms with Gasteiger partial charge in [-0.3, -0.25) is 9.78 Å². The van der Waals surface area contributed by atoms with Gasteiger partial charge in [-0.2, -0.15) is 0 Å². The molecule has 104 valence electrons. The highest BCUT2D eigenvalue weighted by molar-refractivity contribution is 9.11. The quantitative estimate of drug-likeness (QED) is 0.834. The molecule has 0 saturated heterocycles. The molecule has 0 spiro atoms. The van der Waals surface area contributed by atoms with Crippen molar-refractivity contribution < 1.29 is 14.7 Å². The third-order valence-electron chi connectivity index (χ3n) is 2.51. The van der Waals surface area contributed by atoms with Crippen LogP contribution in [-0.2, 0) is 9.59 Å². The number of aliphatic carboxylic acids is 1. The predicted molar refractivity (Wildman–Crippen MR) is 77.7 cm³/mol. The predicted octanol–water partition coefficient (Wildman–Crippen LogP) is 2.99. The summed E-state index contributed by atoms with van der Waals surface area (Å²) in [5.41, 5.74) is 0.319. The van der Waals surface area contributed by atoms with E-state index in [1.165, 1.54) is 18.0 Å². The maximum absolute atomic E-state index is 11.6. The van der Waals surface area contributed by atoms with E-state index in [0.717, 1.165) is 4.47 Å². The molecule has 0 aliphatic carbocycles. The molecular weight excluding hydrogens is 380 g/mol. The van der Waals surface area contributed by atoms with Gasteiger partial charge in [-0.05, 0) is 44.3 Å². The van der Waals surface area contributed by atoms with Crippen molar-refractivity contribution in [2.75, 3.05) is 6.54 Å². The smallest absolute Gasteiger partial charge is 0.332 e. The molecule has 19 heavy (non-hydrogen) atoms. The standard InChI is InChI=1S/C12H14Br2N2O3/c1-3-4-16(7(2)17)11(12(18)19)10-9(14)5-8(13)6-15-10/h5-6,11H,3-4H2,1-2H3,(H,18,19). The second kappa shape index (κ2) is 7.00. The van der Waals surface area contributed by atoms with Crippen LogP contribution >= 0.6 is 31.9 Å². The Morgan fingerprint density at radius 3 is 2.53 bits per heavy atom. The molecule has 1 rings (SSSR count). The molecule has 1 aromatic rings. The van der Waals surface area contributed by atoms with Crippen molar-refractivity contribution in [3.63, 3.8) is 0 Å². The minimum Gasteiger partial charge on any atom is -0.479 e. The molecule has 7 heteroatoms. The molecule has 1 heterocycles. The summed E-state index contributed by atoms with van der Waals surface area (Å²) in [5, 5.41) is 9.40. The lowest BCUT2D eigenvalue weighted by Gasteiger charge is -2.27. The van der Waals surface area contributed by atoms with Gasteiger partial charge in [0.05, 0.1) is 5.69 Å². The molecule has 0 aromatic carbocycles. The van der Waals surface area contributed by atoms with Crippen molar-refractivity contribution in [1.82, 2.24) is 9.88 Å². The van der Waals surface area contributed by atoms with Crippen LogP contribution in [0.25, 0.3) is 0 Å². The van der Waals surface area contributed by atoms with Crippen LogP contribution in [0, 0.1) is 0 Å². The monoisotopic (exact) mass is 392 g/mol. The Morgan fingerprint density at radius 1 is 1.47 bits per heavy atom. The number of pyridine rings is 1. The van der Waals surface area contributed by atoms with Crippen LogP contribution in [0.5, 0.6) is 0 Å². The summed E-state index contributed by atoms with van der Waals surface area (Å²) in [6.45, 7) is 3.62. The van der Waals surface area contributed by atoms with Crippen molar-refractivity contribution in [2.45, 2.75) is 26.3 Å². The van der Waals surface area contributed by atoms with Gasteiger partial charge < -0.3 is 10.0 Å². The Kier molecular flexibility index (Phi) is 5.93. The van der Waals surface area contributed by atoms with Gasteiger partial charge in [-0.25, -0.2) is 4.79 Å². The van der Waals surface area contributed by atoms with Crippen LogP contribution in [0.4, 0.5) is 0 Å². The third-order valence-corrected chi connectivity index (χ3v) is 3.58. The summed E-state index contributed by atoms with van der Waals surface area (Å²) >= 11 is 6.55. The normalized spacial score (nSPS) is 12.0. The summed E-state index contributed by atoms with van der Waals surface area (Å²) in [6, 6.07) is 0.627. The van der Waals surface area contributed by atoms with Crippen LogP contribution in [0.15, 0.2) is 21.2 Å². The SMILES string of the molecule is CCCN(C(C)=O)C(C(=O)O)c1ncc(Br)cc1Br. The zero-order valence-corrected chi connectivity index (χ0v) is 13.7. The van der Waals surface area contributed by atoms with Crippen molar-refractivity contribution in [1.29, 1.82) is 0 Å². The number of carboxylic acid groups (broad SMARTS) is 1. The fourth-order valence-corrected chi connectivity index (χ4v) is 2.94. The second-order valence-electron chi connectivity index (χ2n) is 3.97. The van der Waals surface area contributed by atoms with E-state index in [4.69, 9.17) is 0 Å². The molecule has 0 aliphatic heterocycles. The molecule has 1 atom stereocenters. The summed E-state index contributed by atoms with van der Waals surface area (Å²) in [7, 11) is 0. The van der Waals surface area contributed by atoms with E-state index < -0.39 is 12.0 Å². The number of carboxylic acids is 1. The number of hydrogen-bond acceptors (Lipinski definition) is 3. The van der Waals surface area contributed by atoms with E-state index in [1.807, 2.05) is 6.92 Å². The van der Waals surface area contributed by atoms with E-state index in [2.05, 4.69) is 36.8 Å². The maximum atomic E-state index is 11.6. The molecule has 1 aromatic heterocycles. The molecule has 1 amide bonds. The Labute approximate surface area is 128 Å². The van der Waals surface area contributed by atoms with E-state index in [1.54, 1.807) is 6.07 Å². The zero-order chi connectivity index (χ0) is 14.6. The van der Waals surface area contributed by atoms with Crippen molar-refractivity contribution in [3.8, 4) is 0 Å². The number of aromatic nitrogens is 1. The number of amides is 1. The molecule has 0 bridgehead atoms. The van der Waals surface area contributed by atoms with Gasteiger partial charge in [-0.15, -0.1) is 0 Å². The Hall–Kier alpha value is -0.950. The van der Waals surface area contributed by atoms with Crippen LogP contribution < -0.4 is 0 Å². The van der Waals surface area contributed by atoms with Crippen molar-refractivity contribution in [2.24, 2.45) is 0 Å². The number of carbonyl (C=O) groups excluding carboxylic acids is 1. The van der Waals surface area contributed by atoms with E-state index in [0.29, 0.717) is 23.1 Å². The minimum atomic E-state index is -1.10. The van der Waals surface area contributed by atoms with Crippen LogP contribution in [-0.4, -0.2) is 33.4 Å². The number of hydrogen-bond donors (Lipinski definition) is 1. The van der Waals surface area contributed by atoms with E-state index in [-0.39, 0.29) is 5.91 Å². The Morgan fingerprint density at radius 2 is 2.11 bits per heavy atom. The number of halogens is 2. The van der Waals surface area contributed by atoms with Gasteiger partial charge in [0.2, 0.25) is 5.91 Å². The van der Waals surface area contributed by atoms with Crippen LogP contribution in [0.2, 0.25) is 0 Å².